The second-order valence-corrected chi connectivity index (χ2v) is 10.00. The molecule has 0 rings (SSSR count). The Morgan fingerprint density at radius 1 is 0.576 bits per heavy atom. The van der Waals surface area contributed by atoms with Crippen molar-refractivity contribution in [2.24, 2.45) is 11.8 Å². The predicted molar refractivity (Wildman–Crippen MR) is 139 cm³/mol. The average Bonchev–Trinajstić information content (AvgIpc) is 2.81. The van der Waals surface area contributed by atoms with Gasteiger partial charge in [0.2, 0.25) is 0 Å². The molecule has 4 heteroatoms. The number of esters is 2. The maximum absolute atomic E-state index is 12.2. The molecule has 0 bridgehead atoms. The minimum absolute atomic E-state index is 0.00302. The molecule has 196 valence electrons. The van der Waals surface area contributed by atoms with Crippen molar-refractivity contribution in [1.29, 1.82) is 0 Å². The van der Waals surface area contributed by atoms with Gasteiger partial charge in [-0.3, -0.25) is 9.59 Å². The van der Waals surface area contributed by atoms with Gasteiger partial charge in [0.05, 0.1) is 19.1 Å². The molecule has 0 aromatic carbocycles. The first kappa shape index (κ1) is 31.9. The molecule has 0 spiro atoms. The fourth-order valence-corrected chi connectivity index (χ4v) is 4.08. The maximum Gasteiger partial charge on any atom is 0.308 e. The number of hydrogen-bond donors (Lipinski definition) is 0. The Bertz CT molecular complexity index is 449. The van der Waals surface area contributed by atoms with Crippen molar-refractivity contribution in [3.63, 3.8) is 0 Å². The number of carbonyl (C=O) groups is 2. The number of ether oxygens (including phenoxy) is 2. The molecule has 33 heavy (non-hydrogen) atoms. The van der Waals surface area contributed by atoms with E-state index in [9.17, 15) is 9.59 Å². The maximum atomic E-state index is 12.2. The van der Waals surface area contributed by atoms with E-state index in [1.807, 2.05) is 6.92 Å². The second kappa shape index (κ2) is 24.1. The Balaban J connectivity index is 3.50. The standard InChI is InChI=1S/C29H56O4/c1-5-7-9-16-20-24-32-28(30)23-19-15-13-11-12-14-18-22-26(3)27(4)29(31)33-25-21-17-10-8-6-2/h26-27H,5-25H2,1-4H3. The summed E-state index contributed by atoms with van der Waals surface area (Å²) in [5.74, 6) is 0.337. The van der Waals surface area contributed by atoms with Crippen molar-refractivity contribution in [3.8, 4) is 0 Å². The van der Waals surface area contributed by atoms with E-state index in [1.165, 1.54) is 77.0 Å². The molecule has 0 aliphatic carbocycles. The van der Waals surface area contributed by atoms with Crippen molar-refractivity contribution in [3.05, 3.63) is 0 Å². The molecule has 0 heterocycles. The van der Waals surface area contributed by atoms with Crippen LogP contribution in [0.5, 0.6) is 0 Å². The number of hydrogen-bond acceptors (Lipinski definition) is 4. The highest BCUT2D eigenvalue weighted by molar-refractivity contribution is 5.72. The van der Waals surface area contributed by atoms with Gasteiger partial charge in [0.15, 0.2) is 0 Å². The molecule has 2 unspecified atom stereocenters. The highest BCUT2D eigenvalue weighted by Gasteiger charge is 2.21. The lowest BCUT2D eigenvalue weighted by atomic mass is 9.90. The van der Waals surface area contributed by atoms with Gasteiger partial charge in [-0.25, -0.2) is 0 Å². The topological polar surface area (TPSA) is 52.6 Å². The fourth-order valence-electron chi connectivity index (χ4n) is 4.08. The van der Waals surface area contributed by atoms with Crippen LogP contribution in [0.25, 0.3) is 0 Å². The zero-order valence-electron chi connectivity index (χ0n) is 22.6. The highest BCUT2D eigenvalue weighted by Crippen LogP contribution is 2.21. The van der Waals surface area contributed by atoms with Crippen LogP contribution in [-0.2, 0) is 19.1 Å². The van der Waals surface area contributed by atoms with E-state index in [1.54, 1.807) is 0 Å². The Labute approximate surface area is 206 Å². The first-order chi connectivity index (χ1) is 16.0. The fraction of sp³-hybridized carbons (Fsp3) is 0.931. The van der Waals surface area contributed by atoms with E-state index in [4.69, 9.17) is 9.47 Å². The van der Waals surface area contributed by atoms with Gasteiger partial charge in [0.25, 0.3) is 0 Å². The van der Waals surface area contributed by atoms with Crippen molar-refractivity contribution in [2.45, 2.75) is 150 Å². The quantitative estimate of drug-likeness (QED) is 0.105. The van der Waals surface area contributed by atoms with Gasteiger partial charge in [-0.05, 0) is 31.6 Å². The zero-order valence-corrected chi connectivity index (χ0v) is 22.6. The molecule has 2 atom stereocenters. The van der Waals surface area contributed by atoms with Crippen LogP contribution in [0, 0.1) is 11.8 Å². The Hall–Kier alpha value is -1.06. The molecule has 0 saturated heterocycles. The molecular weight excluding hydrogens is 412 g/mol. The van der Waals surface area contributed by atoms with Gasteiger partial charge in [-0.1, -0.05) is 118 Å². The third-order valence-corrected chi connectivity index (χ3v) is 6.77. The van der Waals surface area contributed by atoms with E-state index in [0.29, 0.717) is 25.6 Å². The molecule has 0 amide bonds. The molecule has 0 aromatic heterocycles. The van der Waals surface area contributed by atoms with E-state index < -0.39 is 0 Å². The predicted octanol–water partition coefficient (Wildman–Crippen LogP) is 8.80. The molecule has 0 fully saturated rings. The van der Waals surface area contributed by atoms with Crippen molar-refractivity contribution in [1.82, 2.24) is 0 Å². The third kappa shape index (κ3) is 21.2. The van der Waals surface area contributed by atoms with E-state index in [2.05, 4.69) is 20.8 Å². The van der Waals surface area contributed by atoms with Crippen LogP contribution in [0.3, 0.4) is 0 Å². The Kier molecular flexibility index (Phi) is 23.3. The van der Waals surface area contributed by atoms with Gasteiger partial charge in [0.1, 0.15) is 0 Å². The van der Waals surface area contributed by atoms with Gasteiger partial charge in [-0.15, -0.1) is 0 Å². The lowest BCUT2D eigenvalue weighted by Gasteiger charge is -2.18. The minimum atomic E-state index is -0.0244. The van der Waals surface area contributed by atoms with Crippen molar-refractivity contribution >= 4 is 11.9 Å². The summed E-state index contributed by atoms with van der Waals surface area (Å²) in [5.41, 5.74) is 0. The summed E-state index contributed by atoms with van der Waals surface area (Å²) in [6, 6.07) is 0. The summed E-state index contributed by atoms with van der Waals surface area (Å²) >= 11 is 0. The van der Waals surface area contributed by atoms with E-state index in [-0.39, 0.29) is 17.9 Å². The van der Waals surface area contributed by atoms with Gasteiger partial charge in [-0.2, -0.15) is 0 Å². The number of rotatable bonds is 24. The van der Waals surface area contributed by atoms with Crippen LogP contribution < -0.4 is 0 Å². The van der Waals surface area contributed by atoms with Crippen LogP contribution >= 0.6 is 0 Å². The summed E-state index contributed by atoms with van der Waals surface area (Å²) in [6.45, 7) is 9.78. The Morgan fingerprint density at radius 2 is 1.03 bits per heavy atom. The lowest BCUT2D eigenvalue weighted by molar-refractivity contribution is -0.150. The normalized spacial score (nSPS) is 13.0. The molecule has 0 N–H and O–H groups in total. The molecule has 0 radical (unpaired) electrons. The number of unbranched alkanes of at least 4 members (excludes halogenated alkanes) is 14. The van der Waals surface area contributed by atoms with Crippen molar-refractivity contribution in [2.75, 3.05) is 13.2 Å². The monoisotopic (exact) mass is 468 g/mol. The summed E-state index contributed by atoms with van der Waals surface area (Å²) in [6.07, 6.45) is 21.7. The summed E-state index contributed by atoms with van der Waals surface area (Å²) in [5, 5.41) is 0. The first-order valence-electron chi connectivity index (χ1n) is 14.3. The van der Waals surface area contributed by atoms with Crippen LogP contribution in [0.1, 0.15) is 150 Å². The SMILES string of the molecule is CCCCCCCOC(=O)CCCCCCCCCC(C)C(C)C(=O)OCCCCCCC. The zero-order chi connectivity index (χ0) is 24.6. The van der Waals surface area contributed by atoms with Gasteiger partial charge < -0.3 is 9.47 Å². The third-order valence-electron chi connectivity index (χ3n) is 6.77. The van der Waals surface area contributed by atoms with Crippen LogP contribution in [0.15, 0.2) is 0 Å². The second-order valence-electron chi connectivity index (χ2n) is 10.00. The molecule has 0 aromatic rings. The molecule has 4 nitrogen and oxygen atoms in total. The summed E-state index contributed by atoms with van der Waals surface area (Å²) in [7, 11) is 0. The van der Waals surface area contributed by atoms with Crippen LogP contribution in [0.2, 0.25) is 0 Å². The smallest absolute Gasteiger partial charge is 0.308 e. The molecule has 0 aliphatic rings. The number of carbonyl (C=O) groups excluding carboxylic acids is 2. The molecular formula is C29H56O4. The van der Waals surface area contributed by atoms with E-state index >= 15 is 0 Å². The average molecular weight is 469 g/mol. The lowest BCUT2D eigenvalue weighted by Crippen LogP contribution is -2.22. The molecule has 0 saturated carbocycles. The summed E-state index contributed by atoms with van der Waals surface area (Å²) < 4.78 is 10.8. The summed E-state index contributed by atoms with van der Waals surface area (Å²) in [4.78, 5) is 23.9. The van der Waals surface area contributed by atoms with E-state index in [0.717, 1.165) is 38.5 Å². The van der Waals surface area contributed by atoms with Crippen LogP contribution in [-0.4, -0.2) is 25.2 Å². The largest absolute Gasteiger partial charge is 0.466 e. The molecule has 0 aliphatic heterocycles. The minimum Gasteiger partial charge on any atom is -0.466 e. The van der Waals surface area contributed by atoms with Gasteiger partial charge >= 0.3 is 11.9 Å². The van der Waals surface area contributed by atoms with Crippen molar-refractivity contribution < 1.29 is 19.1 Å². The first-order valence-corrected chi connectivity index (χ1v) is 14.3. The van der Waals surface area contributed by atoms with Gasteiger partial charge in [0, 0.05) is 6.42 Å². The highest BCUT2D eigenvalue weighted by atomic mass is 16.5. The van der Waals surface area contributed by atoms with Crippen LogP contribution in [0.4, 0.5) is 0 Å². The Morgan fingerprint density at radius 3 is 1.61 bits per heavy atom.